The normalized spacial score (nSPS) is 16.0. The number of thioether (sulfide) groups is 1. The number of aliphatic hydroxyl groups excluding tert-OH is 2. The molecule has 3 aromatic carbocycles. The van der Waals surface area contributed by atoms with Crippen LogP contribution >= 0.6 is 27.7 Å². The van der Waals surface area contributed by atoms with Crippen LogP contribution in [0.25, 0.3) is 17.2 Å². The largest absolute Gasteiger partial charge is 0.439 e. The van der Waals surface area contributed by atoms with Gasteiger partial charge in [0.05, 0.1) is 51.4 Å². The minimum atomic E-state index is -0.114. The molecule has 0 radical (unpaired) electrons. The van der Waals surface area contributed by atoms with E-state index in [2.05, 4.69) is 38.7 Å². The number of oxazole rings is 1. The summed E-state index contributed by atoms with van der Waals surface area (Å²) in [7, 11) is 0. The zero-order chi connectivity index (χ0) is 32.8. The Balaban J connectivity index is 1.38. The molecule has 11 heteroatoms. The van der Waals surface area contributed by atoms with E-state index in [1.165, 1.54) is 11.8 Å². The van der Waals surface area contributed by atoms with Gasteiger partial charge in [0.25, 0.3) is 5.52 Å². The highest BCUT2D eigenvalue weighted by Crippen LogP contribution is 2.45. The number of fused-ring (bicyclic) bond motifs is 2. The summed E-state index contributed by atoms with van der Waals surface area (Å²) in [6, 6.07) is 22.1. The molecule has 0 fully saturated rings. The Morgan fingerprint density at radius 1 is 0.957 bits per heavy atom. The minimum absolute atomic E-state index is 0.0485. The van der Waals surface area contributed by atoms with Crippen molar-refractivity contribution < 1.29 is 38.2 Å². The van der Waals surface area contributed by atoms with Crippen molar-refractivity contribution in [1.82, 2.24) is 0 Å². The molecule has 1 aliphatic carbocycles. The van der Waals surface area contributed by atoms with E-state index in [9.17, 15) is 4.79 Å². The zero-order valence-electron chi connectivity index (χ0n) is 26.0. The molecule has 0 amide bonds. The van der Waals surface area contributed by atoms with Crippen molar-refractivity contribution in [2.75, 3.05) is 56.8 Å². The van der Waals surface area contributed by atoms with Crippen molar-refractivity contribution >= 4 is 56.3 Å². The number of allylic oxidation sites excluding steroid dienone is 3. The average Bonchev–Trinajstić information content (AvgIpc) is 3.59. The SMILES string of the molecule is Cc1ccc2c(c1)oc(C=C1C(=O)C(C=C3Oc4cc(Br)ccc4N3CCOCCO)=C1SCCOCCO)[n+]2Cc1ccccc1. The number of aliphatic hydroxyl groups is 2. The lowest BCUT2D eigenvalue weighted by Gasteiger charge is -2.25. The first-order valence-electron chi connectivity index (χ1n) is 15.4. The van der Waals surface area contributed by atoms with Crippen LogP contribution < -0.4 is 14.2 Å². The van der Waals surface area contributed by atoms with Crippen molar-refractivity contribution in [2.45, 2.75) is 13.5 Å². The predicted octanol–water partition coefficient (Wildman–Crippen LogP) is 5.55. The summed E-state index contributed by atoms with van der Waals surface area (Å²) < 4.78 is 26.7. The second-order valence-electron chi connectivity index (χ2n) is 11.0. The highest BCUT2D eigenvalue weighted by molar-refractivity contribution is 9.10. The van der Waals surface area contributed by atoms with Crippen LogP contribution in [0.5, 0.6) is 5.75 Å². The Morgan fingerprint density at radius 2 is 1.74 bits per heavy atom. The number of nitrogens with zero attached hydrogens (tertiary/aromatic N) is 2. The number of carbonyl (C=O) groups is 1. The summed E-state index contributed by atoms with van der Waals surface area (Å²) in [5, 5.41) is 18.3. The fraction of sp³-hybridized carbons (Fsp3) is 0.278. The van der Waals surface area contributed by atoms with Crippen LogP contribution in [0.4, 0.5) is 5.69 Å². The summed E-state index contributed by atoms with van der Waals surface area (Å²) in [6.45, 7) is 4.25. The summed E-state index contributed by atoms with van der Waals surface area (Å²) in [6.07, 6.45) is 3.62. The lowest BCUT2D eigenvalue weighted by Crippen LogP contribution is -2.36. The van der Waals surface area contributed by atoms with Gasteiger partial charge in [-0.1, -0.05) is 52.3 Å². The molecule has 2 aliphatic rings. The van der Waals surface area contributed by atoms with Crippen LogP contribution in [0.15, 0.2) is 104 Å². The van der Waals surface area contributed by atoms with Gasteiger partial charge in [0.2, 0.25) is 11.5 Å². The van der Waals surface area contributed by atoms with Gasteiger partial charge < -0.3 is 33.7 Å². The zero-order valence-corrected chi connectivity index (χ0v) is 28.4. The van der Waals surface area contributed by atoms with E-state index in [-0.39, 0.29) is 32.2 Å². The first kappa shape index (κ1) is 33.2. The molecule has 0 saturated carbocycles. The van der Waals surface area contributed by atoms with E-state index in [1.54, 1.807) is 6.08 Å². The van der Waals surface area contributed by atoms with Crippen molar-refractivity contribution in [3.63, 3.8) is 0 Å². The number of aryl methyl sites for hydroxylation is 1. The maximum absolute atomic E-state index is 13.9. The Hall–Kier alpha value is -3.71. The number of anilines is 1. The second-order valence-corrected chi connectivity index (χ2v) is 13.0. The molecule has 47 heavy (non-hydrogen) atoms. The molecule has 0 bridgehead atoms. The molecule has 0 unspecified atom stereocenters. The highest BCUT2D eigenvalue weighted by Gasteiger charge is 2.37. The van der Waals surface area contributed by atoms with Crippen LogP contribution in [0.3, 0.4) is 0 Å². The molecule has 244 valence electrons. The van der Waals surface area contributed by atoms with Crippen molar-refractivity contribution in [2.24, 2.45) is 0 Å². The Morgan fingerprint density at radius 3 is 2.53 bits per heavy atom. The van der Waals surface area contributed by atoms with Gasteiger partial charge in [0.15, 0.2) is 18.1 Å². The summed E-state index contributed by atoms with van der Waals surface area (Å²) in [5.41, 5.74) is 5.84. The third-order valence-electron chi connectivity index (χ3n) is 7.68. The van der Waals surface area contributed by atoms with Crippen molar-refractivity contribution in [3.8, 4) is 5.75 Å². The number of ether oxygens (including phenoxy) is 3. The van der Waals surface area contributed by atoms with Gasteiger partial charge in [0.1, 0.15) is 0 Å². The number of hydrogen-bond acceptors (Lipinski definition) is 9. The highest BCUT2D eigenvalue weighted by atomic mass is 79.9. The van der Waals surface area contributed by atoms with E-state index in [1.807, 2.05) is 66.4 Å². The molecule has 0 atom stereocenters. The van der Waals surface area contributed by atoms with Gasteiger partial charge in [-0.25, -0.2) is 0 Å². The second kappa shape index (κ2) is 15.5. The molecule has 1 aromatic heterocycles. The van der Waals surface area contributed by atoms with E-state index in [0.29, 0.717) is 60.7 Å². The van der Waals surface area contributed by atoms with Gasteiger partial charge in [0, 0.05) is 50.5 Å². The van der Waals surface area contributed by atoms with Crippen molar-refractivity contribution in [1.29, 1.82) is 0 Å². The molecule has 4 aromatic rings. The first-order chi connectivity index (χ1) is 23.0. The molecular formula is C36H36BrN2O7S+. The monoisotopic (exact) mass is 719 g/mol. The lowest BCUT2D eigenvalue weighted by atomic mass is 9.89. The number of ketones is 1. The van der Waals surface area contributed by atoms with E-state index < -0.39 is 0 Å². The van der Waals surface area contributed by atoms with Crippen molar-refractivity contribution in [3.05, 3.63) is 116 Å². The Bertz CT molecular complexity index is 1850. The minimum Gasteiger partial charge on any atom is -0.439 e. The predicted molar refractivity (Wildman–Crippen MR) is 185 cm³/mol. The topological polar surface area (TPSA) is 105 Å². The fourth-order valence-electron chi connectivity index (χ4n) is 5.46. The molecule has 6 rings (SSSR count). The summed E-state index contributed by atoms with van der Waals surface area (Å²) in [4.78, 5) is 16.7. The van der Waals surface area contributed by atoms with E-state index in [0.717, 1.165) is 37.3 Å². The maximum Gasteiger partial charge on any atom is 0.375 e. The Labute approximate surface area is 285 Å². The molecule has 1 aliphatic heterocycles. The number of Topliss-reactive ketones (excluding diaryl/α,β-unsaturated/α-hetero) is 1. The van der Waals surface area contributed by atoms with Gasteiger partial charge in [-0.3, -0.25) is 4.79 Å². The molecule has 0 saturated heterocycles. The third kappa shape index (κ3) is 7.56. The average molecular weight is 721 g/mol. The van der Waals surface area contributed by atoms with Gasteiger partial charge in [-0.2, -0.15) is 4.57 Å². The molecule has 2 N–H and O–H groups in total. The van der Waals surface area contributed by atoms with Crippen LogP contribution in [0.1, 0.15) is 17.0 Å². The number of halogens is 1. The fourth-order valence-corrected chi connectivity index (χ4v) is 6.82. The standard InChI is InChI=1S/C36H36BrN2O7S/c1-24-7-9-30-31(19-24)45-34(39(30)23-25-5-3-2-4-6-25)22-28-35(42)27(36(28)47-18-17-44-16-13-41)21-33-38(11-14-43-15-12-40)29-10-8-26(37)20-32(29)46-33/h2-10,19-22,40-41H,11-18,23H2,1H3/q+1. The van der Waals surface area contributed by atoms with Crippen LogP contribution in [-0.2, 0) is 20.8 Å². The van der Waals surface area contributed by atoms with Crippen LogP contribution in [0, 0.1) is 6.92 Å². The van der Waals surface area contributed by atoms with E-state index in [4.69, 9.17) is 28.8 Å². The smallest absolute Gasteiger partial charge is 0.375 e. The number of hydrogen-bond donors (Lipinski definition) is 2. The maximum atomic E-state index is 13.9. The number of rotatable bonds is 15. The van der Waals surface area contributed by atoms with Crippen LogP contribution in [0.2, 0.25) is 0 Å². The molecular weight excluding hydrogens is 684 g/mol. The quantitative estimate of drug-likeness (QED) is 0.0930. The van der Waals surface area contributed by atoms with Gasteiger partial charge in [-0.05, 0) is 36.8 Å². The van der Waals surface area contributed by atoms with Gasteiger partial charge in [-0.15, -0.1) is 11.8 Å². The van der Waals surface area contributed by atoms with E-state index >= 15 is 0 Å². The molecule has 2 heterocycles. The molecule has 0 spiro atoms. The lowest BCUT2D eigenvalue weighted by molar-refractivity contribution is -0.669. The number of carbonyl (C=O) groups excluding carboxylic acids is 1. The first-order valence-corrected chi connectivity index (χ1v) is 17.2. The Kier molecular flexibility index (Phi) is 10.9. The molecule has 9 nitrogen and oxygen atoms in total. The number of aromatic nitrogens is 1. The number of benzene rings is 3. The summed E-state index contributed by atoms with van der Waals surface area (Å²) >= 11 is 5.04. The summed E-state index contributed by atoms with van der Waals surface area (Å²) in [5.74, 6) is 2.23. The van der Waals surface area contributed by atoms with Gasteiger partial charge >= 0.3 is 5.89 Å². The van der Waals surface area contributed by atoms with Crippen LogP contribution in [-0.4, -0.2) is 67.9 Å². The third-order valence-corrected chi connectivity index (χ3v) is 9.27.